The SMILES string of the molecule is Cc1ccccc1OCC(O)CN1CCC(Nc2cccnn2)CC1. The van der Waals surface area contributed by atoms with Gasteiger partial charge in [0.2, 0.25) is 0 Å². The number of hydrogen-bond donors (Lipinski definition) is 2. The van der Waals surface area contributed by atoms with E-state index in [0.29, 0.717) is 19.2 Å². The molecule has 0 bridgehead atoms. The zero-order valence-corrected chi connectivity index (χ0v) is 14.6. The van der Waals surface area contributed by atoms with Crippen molar-refractivity contribution in [3.8, 4) is 5.75 Å². The number of nitrogens with one attached hydrogen (secondary N) is 1. The van der Waals surface area contributed by atoms with Gasteiger partial charge in [-0.25, -0.2) is 0 Å². The van der Waals surface area contributed by atoms with E-state index in [1.165, 1.54) is 0 Å². The highest BCUT2D eigenvalue weighted by Crippen LogP contribution is 2.17. The third-order valence-corrected chi connectivity index (χ3v) is 4.51. The second-order valence-corrected chi connectivity index (χ2v) is 6.56. The molecule has 0 spiro atoms. The molecule has 1 atom stereocenters. The molecule has 2 heterocycles. The van der Waals surface area contributed by atoms with Gasteiger partial charge in [0.15, 0.2) is 0 Å². The van der Waals surface area contributed by atoms with Gasteiger partial charge in [-0.2, -0.15) is 5.10 Å². The molecule has 0 radical (unpaired) electrons. The van der Waals surface area contributed by atoms with E-state index in [1.54, 1.807) is 6.20 Å². The molecule has 2 N–H and O–H groups in total. The summed E-state index contributed by atoms with van der Waals surface area (Å²) in [7, 11) is 0. The lowest BCUT2D eigenvalue weighted by Gasteiger charge is -2.33. The molecule has 25 heavy (non-hydrogen) atoms. The molecule has 3 rings (SSSR count). The number of aliphatic hydroxyl groups is 1. The van der Waals surface area contributed by atoms with Crippen LogP contribution in [0.1, 0.15) is 18.4 Å². The van der Waals surface area contributed by atoms with Crippen LogP contribution in [-0.2, 0) is 0 Å². The zero-order valence-electron chi connectivity index (χ0n) is 14.6. The molecule has 0 aliphatic carbocycles. The maximum Gasteiger partial charge on any atom is 0.148 e. The average Bonchev–Trinajstić information content (AvgIpc) is 2.64. The van der Waals surface area contributed by atoms with Crippen molar-refractivity contribution in [2.24, 2.45) is 0 Å². The lowest BCUT2D eigenvalue weighted by molar-refractivity contribution is 0.0603. The van der Waals surface area contributed by atoms with Gasteiger partial charge >= 0.3 is 0 Å². The maximum absolute atomic E-state index is 10.3. The normalized spacial score (nSPS) is 17.2. The van der Waals surface area contributed by atoms with Crippen molar-refractivity contribution >= 4 is 5.82 Å². The quantitative estimate of drug-likeness (QED) is 0.803. The first-order valence-electron chi connectivity index (χ1n) is 8.84. The smallest absolute Gasteiger partial charge is 0.148 e. The van der Waals surface area contributed by atoms with E-state index in [0.717, 1.165) is 43.1 Å². The number of hydrogen-bond acceptors (Lipinski definition) is 6. The summed E-state index contributed by atoms with van der Waals surface area (Å²) < 4.78 is 5.74. The average molecular weight is 342 g/mol. The summed E-state index contributed by atoms with van der Waals surface area (Å²) in [5.74, 6) is 1.67. The van der Waals surface area contributed by atoms with E-state index in [1.807, 2.05) is 43.3 Å². The van der Waals surface area contributed by atoms with Crippen LogP contribution in [0.15, 0.2) is 42.6 Å². The molecule has 2 aromatic rings. The predicted octanol–water partition coefficient (Wildman–Crippen LogP) is 2.10. The fourth-order valence-corrected chi connectivity index (χ4v) is 3.10. The Morgan fingerprint density at radius 3 is 2.76 bits per heavy atom. The van der Waals surface area contributed by atoms with E-state index < -0.39 is 6.10 Å². The van der Waals surface area contributed by atoms with E-state index in [9.17, 15) is 5.11 Å². The third-order valence-electron chi connectivity index (χ3n) is 4.51. The van der Waals surface area contributed by atoms with Crippen molar-refractivity contribution in [3.05, 3.63) is 48.2 Å². The molecule has 1 aliphatic rings. The Bertz CT molecular complexity index is 645. The number of piperidine rings is 1. The number of likely N-dealkylation sites (tertiary alicyclic amines) is 1. The van der Waals surface area contributed by atoms with Crippen LogP contribution in [0.5, 0.6) is 5.75 Å². The number of aryl methyl sites for hydroxylation is 1. The van der Waals surface area contributed by atoms with Crippen LogP contribution in [0, 0.1) is 6.92 Å². The molecule has 6 heteroatoms. The minimum absolute atomic E-state index is 0.322. The summed E-state index contributed by atoms with van der Waals surface area (Å²) >= 11 is 0. The first-order valence-corrected chi connectivity index (χ1v) is 8.84. The van der Waals surface area contributed by atoms with Gasteiger partial charge in [-0.3, -0.25) is 0 Å². The summed E-state index contributed by atoms with van der Waals surface area (Å²) in [6.07, 6.45) is 3.25. The Morgan fingerprint density at radius 1 is 1.24 bits per heavy atom. The molecule has 0 amide bonds. The van der Waals surface area contributed by atoms with Crippen LogP contribution in [-0.4, -0.2) is 58.6 Å². The van der Waals surface area contributed by atoms with Gasteiger partial charge in [0.05, 0.1) is 0 Å². The molecular weight excluding hydrogens is 316 g/mol. The summed E-state index contributed by atoms with van der Waals surface area (Å²) in [4.78, 5) is 2.29. The first kappa shape index (κ1) is 17.6. The summed E-state index contributed by atoms with van der Waals surface area (Å²) in [5, 5.41) is 21.6. The summed E-state index contributed by atoms with van der Waals surface area (Å²) in [5.41, 5.74) is 1.09. The third kappa shape index (κ3) is 5.41. The Morgan fingerprint density at radius 2 is 2.04 bits per heavy atom. The molecule has 1 saturated heterocycles. The van der Waals surface area contributed by atoms with Crippen molar-refractivity contribution in [1.82, 2.24) is 15.1 Å². The maximum atomic E-state index is 10.3. The van der Waals surface area contributed by atoms with Crippen molar-refractivity contribution in [1.29, 1.82) is 0 Å². The Hall–Kier alpha value is -2.18. The Balaban J connectivity index is 1.37. The number of rotatable bonds is 7. The second-order valence-electron chi connectivity index (χ2n) is 6.56. The van der Waals surface area contributed by atoms with Crippen LogP contribution in [0.25, 0.3) is 0 Å². The topological polar surface area (TPSA) is 70.5 Å². The predicted molar refractivity (Wildman–Crippen MR) is 97.8 cm³/mol. The Kier molecular flexibility index (Phi) is 6.19. The standard InChI is InChI=1S/C19H26N4O2/c1-15-5-2-3-6-18(15)25-14-17(24)13-23-11-8-16(9-12-23)21-19-7-4-10-20-22-19/h2-7,10,16-17,24H,8-9,11-14H2,1H3,(H,21,22). The van der Waals surface area contributed by atoms with Crippen LogP contribution in [0.2, 0.25) is 0 Å². The molecule has 1 unspecified atom stereocenters. The minimum Gasteiger partial charge on any atom is -0.491 e. The highest BCUT2D eigenvalue weighted by molar-refractivity contribution is 5.33. The second kappa shape index (κ2) is 8.78. The lowest BCUT2D eigenvalue weighted by Crippen LogP contribution is -2.43. The van der Waals surface area contributed by atoms with Gasteiger partial charge < -0.3 is 20.1 Å². The van der Waals surface area contributed by atoms with E-state index in [2.05, 4.69) is 20.4 Å². The van der Waals surface area contributed by atoms with Crippen LogP contribution in [0.3, 0.4) is 0 Å². The highest BCUT2D eigenvalue weighted by Gasteiger charge is 2.21. The van der Waals surface area contributed by atoms with Gasteiger partial charge in [-0.05, 0) is 43.5 Å². The molecule has 6 nitrogen and oxygen atoms in total. The number of anilines is 1. The van der Waals surface area contributed by atoms with Crippen LogP contribution < -0.4 is 10.1 Å². The number of para-hydroxylation sites is 1. The number of ether oxygens (including phenoxy) is 1. The first-order chi connectivity index (χ1) is 12.2. The molecular formula is C19H26N4O2. The zero-order chi connectivity index (χ0) is 17.5. The van der Waals surface area contributed by atoms with Crippen molar-refractivity contribution in [3.63, 3.8) is 0 Å². The number of aliphatic hydroxyl groups excluding tert-OH is 1. The number of aromatic nitrogens is 2. The number of nitrogens with zero attached hydrogens (tertiary/aromatic N) is 3. The molecule has 1 aliphatic heterocycles. The monoisotopic (exact) mass is 342 g/mol. The van der Waals surface area contributed by atoms with E-state index in [4.69, 9.17) is 4.74 Å². The summed E-state index contributed by atoms with van der Waals surface area (Å²) in [6, 6.07) is 12.1. The highest BCUT2D eigenvalue weighted by atomic mass is 16.5. The fourth-order valence-electron chi connectivity index (χ4n) is 3.10. The van der Waals surface area contributed by atoms with Gasteiger partial charge in [0.1, 0.15) is 24.3 Å². The molecule has 0 saturated carbocycles. The van der Waals surface area contributed by atoms with Gasteiger partial charge in [-0.15, -0.1) is 5.10 Å². The largest absolute Gasteiger partial charge is 0.491 e. The summed E-state index contributed by atoms with van der Waals surface area (Å²) in [6.45, 7) is 4.89. The minimum atomic E-state index is -0.482. The van der Waals surface area contributed by atoms with Crippen LogP contribution >= 0.6 is 0 Å². The van der Waals surface area contributed by atoms with Gasteiger partial charge in [0, 0.05) is 31.9 Å². The van der Waals surface area contributed by atoms with Crippen LogP contribution in [0.4, 0.5) is 5.82 Å². The van der Waals surface area contributed by atoms with Gasteiger partial charge in [0.25, 0.3) is 0 Å². The molecule has 1 aromatic heterocycles. The lowest BCUT2D eigenvalue weighted by atomic mass is 10.0. The Labute approximate surface area is 148 Å². The van der Waals surface area contributed by atoms with Crippen molar-refractivity contribution in [2.45, 2.75) is 31.9 Å². The van der Waals surface area contributed by atoms with Gasteiger partial charge in [-0.1, -0.05) is 18.2 Å². The number of benzene rings is 1. The van der Waals surface area contributed by atoms with E-state index >= 15 is 0 Å². The fraction of sp³-hybridized carbons (Fsp3) is 0.474. The van der Waals surface area contributed by atoms with Crippen molar-refractivity contribution in [2.75, 3.05) is 31.6 Å². The molecule has 1 aromatic carbocycles. The van der Waals surface area contributed by atoms with E-state index in [-0.39, 0.29) is 0 Å². The number of β-amino-alcohol motifs (C(OH)–C–C–N with tert-alkyl or cyclic N) is 1. The molecule has 1 fully saturated rings. The van der Waals surface area contributed by atoms with Crippen molar-refractivity contribution < 1.29 is 9.84 Å². The molecule has 134 valence electrons.